The number of amides is 1. The van der Waals surface area contributed by atoms with Crippen molar-refractivity contribution in [3.05, 3.63) is 0 Å². The van der Waals surface area contributed by atoms with E-state index in [4.69, 9.17) is 5.11 Å². The number of piperazine rings is 1. The molecule has 1 N–H and O–H groups in total. The van der Waals surface area contributed by atoms with Crippen molar-refractivity contribution in [1.29, 1.82) is 0 Å². The highest BCUT2D eigenvalue weighted by Crippen LogP contribution is 2.36. The van der Waals surface area contributed by atoms with E-state index in [2.05, 4.69) is 4.90 Å². The summed E-state index contributed by atoms with van der Waals surface area (Å²) in [6.07, 6.45) is 0.299. The third-order valence-corrected chi connectivity index (χ3v) is 4.17. The number of β-amino-alcohol motifs (C(OH)–C–C–N with tert-alkyl or cyclic N) is 1. The number of rotatable bonds is 3. The van der Waals surface area contributed by atoms with Gasteiger partial charge in [0.1, 0.15) is 0 Å². The Morgan fingerprint density at radius 1 is 1.16 bits per heavy atom. The Balaban J connectivity index is 1.78. The molecule has 1 aliphatic heterocycles. The lowest BCUT2D eigenvalue weighted by Crippen LogP contribution is -2.51. The van der Waals surface area contributed by atoms with Gasteiger partial charge in [0.25, 0.3) is 0 Å². The molecule has 0 atom stereocenters. The molecule has 0 aromatic carbocycles. The van der Waals surface area contributed by atoms with Crippen LogP contribution in [0, 0.1) is 5.92 Å². The number of aliphatic hydroxyl groups is 1. The number of halogens is 2. The molecule has 1 saturated heterocycles. The van der Waals surface area contributed by atoms with Crippen LogP contribution in [0.5, 0.6) is 0 Å². The Morgan fingerprint density at radius 2 is 1.74 bits per heavy atom. The Labute approximate surface area is 112 Å². The molecule has 0 spiro atoms. The summed E-state index contributed by atoms with van der Waals surface area (Å²) >= 11 is 0. The summed E-state index contributed by atoms with van der Waals surface area (Å²) in [5.41, 5.74) is 0. The van der Waals surface area contributed by atoms with Gasteiger partial charge in [0.2, 0.25) is 11.8 Å². The second-order valence-electron chi connectivity index (χ2n) is 5.52. The van der Waals surface area contributed by atoms with Crippen molar-refractivity contribution in [2.24, 2.45) is 5.92 Å². The van der Waals surface area contributed by atoms with E-state index < -0.39 is 5.92 Å². The van der Waals surface area contributed by atoms with Gasteiger partial charge in [-0.05, 0) is 12.8 Å². The van der Waals surface area contributed by atoms with E-state index in [1.807, 2.05) is 0 Å². The van der Waals surface area contributed by atoms with Gasteiger partial charge in [0.15, 0.2) is 0 Å². The van der Waals surface area contributed by atoms with E-state index >= 15 is 0 Å². The third kappa shape index (κ3) is 3.86. The average Bonchev–Trinajstić information content (AvgIpc) is 2.39. The fourth-order valence-electron chi connectivity index (χ4n) is 2.88. The lowest BCUT2D eigenvalue weighted by atomic mass is 9.86. The summed E-state index contributed by atoms with van der Waals surface area (Å²) in [5.74, 6) is -2.75. The van der Waals surface area contributed by atoms with E-state index in [9.17, 15) is 13.6 Å². The molecule has 0 aromatic heterocycles. The molecular formula is C13H22F2N2O2. The van der Waals surface area contributed by atoms with Crippen LogP contribution in [0.25, 0.3) is 0 Å². The highest BCUT2D eigenvalue weighted by molar-refractivity contribution is 5.79. The lowest BCUT2D eigenvalue weighted by molar-refractivity contribution is -0.141. The number of carbonyl (C=O) groups is 1. The first-order valence-electron chi connectivity index (χ1n) is 7.02. The van der Waals surface area contributed by atoms with Crippen LogP contribution in [0.3, 0.4) is 0 Å². The van der Waals surface area contributed by atoms with Crippen molar-refractivity contribution < 1.29 is 18.7 Å². The quantitative estimate of drug-likeness (QED) is 0.834. The maximum Gasteiger partial charge on any atom is 0.248 e. The molecule has 1 saturated carbocycles. The van der Waals surface area contributed by atoms with Crippen molar-refractivity contribution in [2.45, 2.75) is 31.6 Å². The highest BCUT2D eigenvalue weighted by Gasteiger charge is 2.38. The summed E-state index contributed by atoms with van der Waals surface area (Å²) in [7, 11) is 0. The van der Waals surface area contributed by atoms with Gasteiger partial charge in [-0.1, -0.05) is 0 Å². The zero-order valence-electron chi connectivity index (χ0n) is 11.2. The first-order chi connectivity index (χ1) is 9.02. The van der Waals surface area contributed by atoms with Gasteiger partial charge in [0, 0.05) is 51.5 Å². The third-order valence-electron chi connectivity index (χ3n) is 4.17. The maximum absolute atomic E-state index is 13.1. The molecule has 2 aliphatic rings. The fraction of sp³-hybridized carbons (Fsp3) is 0.923. The number of nitrogens with zero attached hydrogens (tertiary/aromatic N) is 2. The molecule has 2 fully saturated rings. The smallest absolute Gasteiger partial charge is 0.248 e. The first kappa shape index (κ1) is 14.7. The van der Waals surface area contributed by atoms with Gasteiger partial charge in [0.05, 0.1) is 6.61 Å². The van der Waals surface area contributed by atoms with Gasteiger partial charge in [-0.25, -0.2) is 8.78 Å². The molecule has 0 radical (unpaired) electrons. The van der Waals surface area contributed by atoms with Crippen molar-refractivity contribution >= 4 is 5.91 Å². The van der Waals surface area contributed by atoms with Crippen molar-refractivity contribution in [2.75, 3.05) is 39.3 Å². The summed E-state index contributed by atoms with van der Waals surface area (Å²) < 4.78 is 26.1. The summed E-state index contributed by atoms with van der Waals surface area (Å²) in [6, 6.07) is 0. The van der Waals surface area contributed by atoms with Gasteiger partial charge in [-0.15, -0.1) is 0 Å². The van der Waals surface area contributed by atoms with Crippen LogP contribution >= 0.6 is 0 Å². The molecule has 4 nitrogen and oxygen atoms in total. The monoisotopic (exact) mass is 276 g/mol. The van der Waals surface area contributed by atoms with Gasteiger partial charge >= 0.3 is 0 Å². The second-order valence-corrected chi connectivity index (χ2v) is 5.52. The molecule has 1 heterocycles. The average molecular weight is 276 g/mol. The van der Waals surface area contributed by atoms with E-state index in [-0.39, 0.29) is 31.3 Å². The van der Waals surface area contributed by atoms with Crippen LogP contribution in [-0.2, 0) is 4.79 Å². The first-order valence-corrected chi connectivity index (χ1v) is 7.02. The topological polar surface area (TPSA) is 43.8 Å². The Kier molecular flexibility index (Phi) is 4.73. The lowest BCUT2D eigenvalue weighted by Gasteiger charge is -2.37. The van der Waals surface area contributed by atoms with Crippen molar-refractivity contribution in [1.82, 2.24) is 9.80 Å². The van der Waals surface area contributed by atoms with E-state index in [0.29, 0.717) is 32.5 Å². The van der Waals surface area contributed by atoms with Gasteiger partial charge in [-0.2, -0.15) is 0 Å². The predicted octanol–water partition coefficient (Wildman–Crippen LogP) is 0.948. The number of aliphatic hydroxyl groups excluding tert-OH is 1. The number of hydrogen-bond acceptors (Lipinski definition) is 3. The van der Waals surface area contributed by atoms with Crippen LogP contribution in [0.4, 0.5) is 8.78 Å². The zero-order valence-corrected chi connectivity index (χ0v) is 11.2. The largest absolute Gasteiger partial charge is 0.395 e. The minimum atomic E-state index is -2.57. The minimum absolute atomic E-state index is 0.0409. The Bertz CT molecular complexity index is 308. The number of carbonyl (C=O) groups excluding carboxylic acids is 1. The standard InChI is InChI=1S/C13H22F2N2O2/c14-13(15)3-1-11(2-4-13)12(19)17-7-5-16(6-8-17)9-10-18/h11,18H,1-10H2. The molecule has 19 heavy (non-hydrogen) atoms. The van der Waals surface area contributed by atoms with Gasteiger partial charge < -0.3 is 10.0 Å². The summed E-state index contributed by atoms with van der Waals surface area (Å²) in [5, 5.41) is 8.85. The molecular weight excluding hydrogens is 254 g/mol. The van der Waals surface area contributed by atoms with Crippen LogP contribution in [0.1, 0.15) is 25.7 Å². The molecule has 1 aliphatic carbocycles. The van der Waals surface area contributed by atoms with Gasteiger partial charge in [-0.3, -0.25) is 9.69 Å². The molecule has 0 aromatic rings. The molecule has 0 bridgehead atoms. The summed E-state index contributed by atoms with van der Waals surface area (Å²) in [4.78, 5) is 16.1. The highest BCUT2D eigenvalue weighted by atomic mass is 19.3. The van der Waals surface area contributed by atoms with E-state index in [1.165, 1.54) is 0 Å². The number of alkyl halides is 2. The van der Waals surface area contributed by atoms with Crippen molar-refractivity contribution in [3.8, 4) is 0 Å². The Hall–Kier alpha value is -0.750. The normalized spacial score (nSPS) is 25.5. The molecule has 2 rings (SSSR count). The van der Waals surface area contributed by atoms with Crippen molar-refractivity contribution in [3.63, 3.8) is 0 Å². The molecule has 1 amide bonds. The van der Waals surface area contributed by atoms with Crippen LogP contribution in [0.15, 0.2) is 0 Å². The Morgan fingerprint density at radius 3 is 2.26 bits per heavy atom. The van der Waals surface area contributed by atoms with E-state index in [1.54, 1.807) is 4.90 Å². The fourth-order valence-corrected chi connectivity index (χ4v) is 2.88. The summed E-state index contributed by atoms with van der Waals surface area (Å²) in [6.45, 7) is 3.57. The zero-order chi connectivity index (χ0) is 13.9. The van der Waals surface area contributed by atoms with E-state index in [0.717, 1.165) is 13.1 Å². The van der Waals surface area contributed by atoms with Crippen LogP contribution in [-0.4, -0.2) is 66.1 Å². The van der Waals surface area contributed by atoms with Crippen LogP contribution < -0.4 is 0 Å². The predicted molar refractivity (Wildman–Crippen MR) is 67.0 cm³/mol. The molecule has 110 valence electrons. The molecule has 6 heteroatoms. The number of hydrogen-bond donors (Lipinski definition) is 1. The van der Waals surface area contributed by atoms with Crippen LogP contribution in [0.2, 0.25) is 0 Å². The second kappa shape index (κ2) is 6.13. The molecule has 0 unspecified atom stereocenters. The minimum Gasteiger partial charge on any atom is -0.395 e. The maximum atomic E-state index is 13.1. The SMILES string of the molecule is O=C(C1CCC(F)(F)CC1)N1CCN(CCO)CC1.